The van der Waals surface area contributed by atoms with Gasteiger partial charge in [0.2, 0.25) is 0 Å². The quantitative estimate of drug-likeness (QED) is 0.841. The minimum Gasteiger partial charge on any atom is -0.381 e. The Kier molecular flexibility index (Phi) is 3.64. The molecule has 0 amide bonds. The molecule has 0 N–H and O–H groups in total. The summed E-state index contributed by atoms with van der Waals surface area (Å²) in [6.07, 6.45) is 2.93. The normalized spacial score (nSPS) is 29.1. The predicted octanol–water partition coefficient (Wildman–Crippen LogP) is 2.59. The van der Waals surface area contributed by atoms with Gasteiger partial charge in [-0.15, -0.1) is 11.3 Å². The number of hydrogen-bond acceptors (Lipinski definition) is 4. The maximum atomic E-state index is 12.6. The summed E-state index contributed by atoms with van der Waals surface area (Å²) in [5.74, 6) is 0. The van der Waals surface area contributed by atoms with Gasteiger partial charge >= 0.3 is 0 Å². The zero-order chi connectivity index (χ0) is 13.5. The molecule has 1 aromatic heterocycles. The molecule has 19 heavy (non-hydrogen) atoms. The molecular weight excluding hydrogens is 306 g/mol. The molecule has 0 saturated carbocycles. The Labute approximate surface area is 122 Å². The van der Waals surface area contributed by atoms with E-state index in [4.69, 9.17) is 16.3 Å². The van der Waals surface area contributed by atoms with Crippen molar-refractivity contribution in [2.24, 2.45) is 5.41 Å². The first kappa shape index (κ1) is 13.8. The second-order valence-corrected chi connectivity index (χ2v) is 9.18. The Balaban J connectivity index is 1.85. The van der Waals surface area contributed by atoms with Gasteiger partial charge in [0.1, 0.15) is 4.21 Å². The second kappa shape index (κ2) is 5.00. The number of piperidine rings is 1. The lowest BCUT2D eigenvalue weighted by molar-refractivity contribution is 0.105. The molecule has 0 radical (unpaired) electrons. The van der Waals surface area contributed by atoms with Crippen LogP contribution in [0.3, 0.4) is 0 Å². The van der Waals surface area contributed by atoms with Gasteiger partial charge in [0.15, 0.2) is 0 Å². The number of ether oxygens (including phenoxy) is 1. The second-order valence-electron chi connectivity index (χ2n) is 5.30. The summed E-state index contributed by atoms with van der Waals surface area (Å²) in [4.78, 5) is 0. The first-order chi connectivity index (χ1) is 9.02. The average molecular weight is 322 g/mol. The first-order valence-electron chi connectivity index (χ1n) is 6.35. The van der Waals surface area contributed by atoms with Crippen molar-refractivity contribution in [1.29, 1.82) is 0 Å². The van der Waals surface area contributed by atoms with Crippen molar-refractivity contribution >= 4 is 33.0 Å². The zero-order valence-corrected chi connectivity index (χ0v) is 12.9. The topological polar surface area (TPSA) is 46.6 Å². The van der Waals surface area contributed by atoms with E-state index < -0.39 is 10.0 Å². The standard InChI is InChI=1S/C12H16ClNO3S2/c13-10-2-3-11(18-10)19(15,16)14-6-1-4-12(8-14)5-7-17-9-12/h2-3H,1,4-9H2/t12-/m1/s1. The van der Waals surface area contributed by atoms with Gasteiger partial charge in [-0.25, -0.2) is 8.42 Å². The molecule has 2 aliphatic rings. The van der Waals surface area contributed by atoms with Crippen LogP contribution >= 0.6 is 22.9 Å². The first-order valence-corrected chi connectivity index (χ1v) is 8.99. The van der Waals surface area contributed by atoms with Crippen molar-refractivity contribution in [3.05, 3.63) is 16.5 Å². The lowest BCUT2D eigenvalue weighted by Crippen LogP contribution is -2.46. The minimum atomic E-state index is -3.39. The number of nitrogens with zero attached hydrogens (tertiary/aromatic N) is 1. The van der Waals surface area contributed by atoms with Crippen molar-refractivity contribution in [1.82, 2.24) is 4.31 Å². The van der Waals surface area contributed by atoms with Crippen LogP contribution in [0.5, 0.6) is 0 Å². The van der Waals surface area contributed by atoms with E-state index in [0.29, 0.717) is 28.2 Å². The maximum Gasteiger partial charge on any atom is 0.252 e. The molecule has 0 aliphatic carbocycles. The van der Waals surface area contributed by atoms with Crippen LogP contribution in [0.2, 0.25) is 4.34 Å². The van der Waals surface area contributed by atoms with Crippen molar-refractivity contribution < 1.29 is 13.2 Å². The predicted molar refractivity (Wildman–Crippen MR) is 75.2 cm³/mol. The van der Waals surface area contributed by atoms with Crippen LogP contribution < -0.4 is 0 Å². The SMILES string of the molecule is O=S(=O)(c1ccc(Cl)s1)N1CCC[C@@]2(CCOC2)C1. The number of thiophene rings is 1. The molecule has 1 spiro atoms. The number of hydrogen-bond donors (Lipinski definition) is 0. The Morgan fingerprint density at radius 3 is 2.84 bits per heavy atom. The Hall–Kier alpha value is -0.140. The monoisotopic (exact) mass is 321 g/mol. The highest BCUT2D eigenvalue weighted by Gasteiger charge is 2.42. The summed E-state index contributed by atoms with van der Waals surface area (Å²) >= 11 is 6.97. The van der Waals surface area contributed by atoms with Crippen LogP contribution in [0, 0.1) is 5.41 Å². The van der Waals surface area contributed by atoms with Crippen molar-refractivity contribution in [3.63, 3.8) is 0 Å². The van der Waals surface area contributed by atoms with Crippen LogP contribution in [0.25, 0.3) is 0 Å². The molecule has 3 heterocycles. The van der Waals surface area contributed by atoms with Crippen LogP contribution in [0.4, 0.5) is 0 Å². The number of rotatable bonds is 2. The van der Waals surface area contributed by atoms with Crippen LogP contribution in [0.1, 0.15) is 19.3 Å². The minimum absolute atomic E-state index is 0.0341. The summed E-state index contributed by atoms with van der Waals surface area (Å²) in [6.45, 7) is 2.60. The third kappa shape index (κ3) is 2.56. The number of sulfonamides is 1. The molecule has 2 saturated heterocycles. The van der Waals surface area contributed by atoms with Crippen LogP contribution in [-0.4, -0.2) is 39.0 Å². The van der Waals surface area contributed by atoms with Crippen LogP contribution in [0.15, 0.2) is 16.3 Å². The van der Waals surface area contributed by atoms with Crippen LogP contribution in [-0.2, 0) is 14.8 Å². The van der Waals surface area contributed by atoms with E-state index in [9.17, 15) is 8.42 Å². The zero-order valence-electron chi connectivity index (χ0n) is 10.5. The van der Waals surface area contributed by atoms with Gasteiger partial charge in [-0.1, -0.05) is 11.6 Å². The van der Waals surface area contributed by atoms with E-state index in [0.717, 1.165) is 37.2 Å². The van der Waals surface area contributed by atoms with Crippen molar-refractivity contribution in [3.8, 4) is 0 Å². The van der Waals surface area contributed by atoms with Crippen molar-refractivity contribution in [2.45, 2.75) is 23.5 Å². The Morgan fingerprint density at radius 2 is 2.21 bits per heavy atom. The maximum absolute atomic E-state index is 12.6. The molecular formula is C12H16ClNO3S2. The molecule has 1 atom stereocenters. The van der Waals surface area contributed by atoms with E-state index in [1.807, 2.05) is 0 Å². The summed E-state index contributed by atoms with van der Waals surface area (Å²) in [7, 11) is -3.39. The average Bonchev–Trinajstić information content (AvgIpc) is 3.00. The molecule has 2 aliphatic heterocycles. The van der Waals surface area contributed by atoms with Gasteiger partial charge in [-0.2, -0.15) is 4.31 Å². The largest absolute Gasteiger partial charge is 0.381 e. The smallest absolute Gasteiger partial charge is 0.252 e. The molecule has 7 heteroatoms. The summed E-state index contributed by atoms with van der Waals surface area (Å²) in [6, 6.07) is 3.23. The molecule has 3 rings (SSSR count). The fourth-order valence-electron chi connectivity index (χ4n) is 2.90. The van der Waals surface area contributed by atoms with E-state index in [-0.39, 0.29) is 5.41 Å². The highest BCUT2D eigenvalue weighted by atomic mass is 35.5. The van der Waals surface area contributed by atoms with Crippen molar-refractivity contribution in [2.75, 3.05) is 26.3 Å². The lowest BCUT2D eigenvalue weighted by atomic mass is 9.80. The molecule has 2 fully saturated rings. The van der Waals surface area contributed by atoms with Gasteiger partial charge in [0.25, 0.3) is 10.0 Å². The van der Waals surface area contributed by atoms with Gasteiger partial charge in [-0.3, -0.25) is 0 Å². The number of halogens is 1. The third-order valence-corrected chi connectivity index (χ3v) is 7.50. The summed E-state index contributed by atoms with van der Waals surface area (Å²) < 4.78 is 33.1. The van der Waals surface area contributed by atoms with E-state index in [1.54, 1.807) is 16.4 Å². The molecule has 106 valence electrons. The Bertz CT molecular complexity index is 563. The van der Waals surface area contributed by atoms with E-state index in [1.165, 1.54) is 0 Å². The van der Waals surface area contributed by atoms with Gasteiger partial charge < -0.3 is 4.74 Å². The molecule has 0 unspecified atom stereocenters. The van der Waals surface area contributed by atoms with Gasteiger partial charge in [0, 0.05) is 25.1 Å². The fourth-order valence-corrected chi connectivity index (χ4v) is 6.13. The summed E-state index contributed by atoms with van der Waals surface area (Å²) in [5, 5.41) is 0. The van der Waals surface area contributed by atoms with Gasteiger partial charge in [-0.05, 0) is 31.4 Å². The molecule has 0 bridgehead atoms. The van der Waals surface area contributed by atoms with Gasteiger partial charge in [0.05, 0.1) is 10.9 Å². The molecule has 0 aromatic carbocycles. The lowest BCUT2D eigenvalue weighted by Gasteiger charge is -2.38. The Morgan fingerprint density at radius 1 is 1.37 bits per heavy atom. The summed E-state index contributed by atoms with van der Waals surface area (Å²) in [5.41, 5.74) is 0.0341. The third-order valence-electron chi connectivity index (χ3n) is 3.95. The molecule has 4 nitrogen and oxygen atoms in total. The fraction of sp³-hybridized carbons (Fsp3) is 0.667. The highest BCUT2D eigenvalue weighted by Crippen LogP contribution is 2.40. The highest BCUT2D eigenvalue weighted by molar-refractivity contribution is 7.91. The van der Waals surface area contributed by atoms with E-state index in [2.05, 4.69) is 0 Å². The van der Waals surface area contributed by atoms with E-state index >= 15 is 0 Å². The molecule has 1 aromatic rings.